The van der Waals surface area contributed by atoms with E-state index in [-0.39, 0.29) is 11.7 Å². The molecule has 2 aliphatic heterocycles. The van der Waals surface area contributed by atoms with Gasteiger partial charge in [0.1, 0.15) is 11.9 Å². The number of para-hydroxylation sites is 1. The van der Waals surface area contributed by atoms with Crippen molar-refractivity contribution in [1.29, 1.82) is 0 Å². The number of benzene rings is 2. The van der Waals surface area contributed by atoms with Crippen molar-refractivity contribution < 1.29 is 18.7 Å². The zero-order valence-corrected chi connectivity index (χ0v) is 17.8. The fourth-order valence-electron chi connectivity index (χ4n) is 4.33. The molecule has 0 spiro atoms. The van der Waals surface area contributed by atoms with E-state index in [0.29, 0.717) is 56.3 Å². The maximum atomic E-state index is 13.8. The Bertz CT molecular complexity index is 965. The Morgan fingerprint density at radius 1 is 1.19 bits per heavy atom. The lowest BCUT2D eigenvalue weighted by Crippen LogP contribution is -2.51. The first-order valence-corrected chi connectivity index (χ1v) is 10.8. The largest absolute Gasteiger partial charge is 0.381 e. The molecule has 0 aromatic heterocycles. The van der Waals surface area contributed by atoms with Gasteiger partial charge in [-0.05, 0) is 49.1 Å². The smallest absolute Gasteiger partial charge is 0.315 e. The number of anilines is 1. The van der Waals surface area contributed by atoms with Gasteiger partial charge in [-0.25, -0.2) is 9.18 Å². The minimum Gasteiger partial charge on any atom is -0.381 e. The summed E-state index contributed by atoms with van der Waals surface area (Å²) in [5, 5.41) is 6.18. The van der Waals surface area contributed by atoms with Gasteiger partial charge in [0.2, 0.25) is 5.91 Å². The maximum Gasteiger partial charge on any atom is 0.315 e. The first-order chi connectivity index (χ1) is 15.0. The highest BCUT2D eigenvalue weighted by Gasteiger charge is 2.37. The standard InChI is InChI=1S/C23H25ClFN3O3/c24-18-6-1-2-7-20(18)28-11-8-19(21(28)29)27-22(30)26-15-23(9-12-31-13-10-23)16-4-3-5-17(25)14-16/h1-7,14,19H,8-13,15H2,(H2,26,27,30). The third-order valence-electron chi connectivity index (χ3n) is 6.13. The Balaban J connectivity index is 1.39. The number of ether oxygens (including phenoxy) is 1. The summed E-state index contributed by atoms with van der Waals surface area (Å²) in [7, 11) is 0. The van der Waals surface area contributed by atoms with Gasteiger partial charge in [0.15, 0.2) is 0 Å². The monoisotopic (exact) mass is 445 g/mol. The van der Waals surface area contributed by atoms with Gasteiger partial charge in [0.25, 0.3) is 0 Å². The molecule has 2 aliphatic rings. The van der Waals surface area contributed by atoms with E-state index in [1.807, 2.05) is 12.1 Å². The van der Waals surface area contributed by atoms with Crippen molar-refractivity contribution in [3.8, 4) is 0 Å². The van der Waals surface area contributed by atoms with Gasteiger partial charge in [-0.15, -0.1) is 0 Å². The van der Waals surface area contributed by atoms with Crippen LogP contribution in [0.3, 0.4) is 0 Å². The van der Waals surface area contributed by atoms with E-state index in [9.17, 15) is 14.0 Å². The molecule has 0 saturated carbocycles. The Morgan fingerprint density at radius 2 is 1.97 bits per heavy atom. The van der Waals surface area contributed by atoms with Crippen LogP contribution in [0.5, 0.6) is 0 Å². The SMILES string of the molecule is O=C(NCC1(c2cccc(F)c2)CCOCC1)NC1CCN(c2ccccc2Cl)C1=O. The predicted octanol–water partition coefficient (Wildman–Crippen LogP) is 3.63. The van der Waals surface area contributed by atoms with Gasteiger partial charge < -0.3 is 20.3 Å². The van der Waals surface area contributed by atoms with Gasteiger partial charge in [0, 0.05) is 31.7 Å². The second-order valence-corrected chi connectivity index (χ2v) is 8.42. The molecule has 0 aliphatic carbocycles. The fourth-order valence-corrected chi connectivity index (χ4v) is 4.57. The van der Waals surface area contributed by atoms with Crippen LogP contribution in [0, 0.1) is 5.82 Å². The highest BCUT2D eigenvalue weighted by Crippen LogP contribution is 2.34. The molecule has 31 heavy (non-hydrogen) atoms. The topological polar surface area (TPSA) is 70.7 Å². The van der Waals surface area contributed by atoms with Crippen LogP contribution < -0.4 is 15.5 Å². The lowest BCUT2D eigenvalue weighted by molar-refractivity contribution is -0.118. The van der Waals surface area contributed by atoms with Crippen molar-refractivity contribution in [3.05, 3.63) is 64.9 Å². The molecule has 6 nitrogen and oxygen atoms in total. The molecule has 2 saturated heterocycles. The summed E-state index contributed by atoms with van der Waals surface area (Å²) in [5.41, 5.74) is 1.09. The first-order valence-electron chi connectivity index (χ1n) is 10.4. The molecule has 164 valence electrons. The number of carbonyl (C=O) groups excluding carboxylic acids is 2. The van der Waals surface area contributed by atoms with Crippen molar-refractivity contribution in [2.75, 3.05) is 31.2 Å². The summed E-state index contributed by atoms with van der Waals surface area (Å²) in [6, 6.07) is 12.6. The van der Waals surface area contributed by atoms with Crippen LogP contribution in [0.2, 0.25) is 5.02 Å². The molecule has 8 heteroatoms. The molecule has 0 radical (unpaired) electrons. The van der Waals surface area contributed by atoms with E-state index >= 15 is 0 Å². The van der Waals surface area contributed by atoms with Crippen molar-refractivity contribution in [3.63, 3.8) is 0 Å². The van der Waals surface area contributed by atoms with Crippen LogP contribution in [-0.4, -0.2) is 44.3 Å². The van der Waals surface area contributed by atoms with Crippen LogP contribution in [0.4, 0.5) is 14.9 Å². The van der Waals surface area contributed by atoms with Crippen molar-refractivity contribution in [1.82, 2.24) is 10.6 Å². The van der Waals surface area contributed by atoms with E-state index in [0.717, 1.165) is 5.56 Å². The van der Waals surface area contributed by atoms with Crippen LogP contribution in [0.15, 0.2) is 48.5 Å². The van der Waals surface area contributed by atoms with E-state index in [4.69, 9.17) is 16.3 Å². The summed E-state index contributed by atoms with van der Waals surface area (Å²) in [4.78, 5) is 27.0. The molecule has 1 atom stereocenters. The molecule has 1 unspecified atom stereocenters. The predicted molar refractivity (Wildman–Crippen MR) is 117 cm³/mol. The number of nitrogens with one attached hydrogen (secondary N) is 2. The van der Waals surface area contributed by atoms with Gasteiger partial charge in [-0.2, -0.15) is 0 Å². The van der Waals surface area contributed by atoms with Gasteiger partial charge in [0.05, 0.1) is 10.7 Å². The number of amides is 3. The second kappa shape index (κ2) is 9.24. The van der Waals surface area contributed by atoms with Crippen LogP contribution in [0.25, 0.3) is 0 Å². The summed E-state index contributed by atoms with van der Waals surface area (Å²) >= 11 is 6.21. The van der Waals surface area contributed by atoms with Crippen LogP contribution in [-0.2, 0) is 14.9 Å². The van der Waals surface area contributed by atoms with Crippen LogP contribution >= 0.6 is 11.6 Å². The highest BCUT2D eigenvalue weighted by atomic mass is 35.5. The zero-order valence-electron chi connectivity index (χ0n) is 17.1. The number of carbonyl (C=O) groups is 2. The third-order valence-corrected chi connectivity index (χ3v) is 6.45. The highest BCUT2D eigenvalue weighted by molar-refractivity contribution is 6.34. The Kier molecular flexibility index (Phi) is 6.43. The van der Waals surface area contributed by atoms with E-state index in [2.05, 4.69) is 10.6 Å². The minimum absolute atomic E-state index is 0.186. The van der Waals surface area contributed by atoms with Gasteiger partial charge >= 0.3 is 6.03 Å². The minimum atomic E-state index is -0.615. The summed E-state index contributed by atoms with van der Waals surface area (Å²) < 4.78 is 19.3. The van der Waals surface area contributed by atoms with Gasteiger partial charge in [-0.3, -0.25) is 4.79 Å². The lowest BCUT2D eigenvalue weighted by Gasteiger charge is -2.38. The molecular weight excluding hydrogens is 421 g/mol. The summed E-state index contributed by atoms with van der Waals surface area (Å²) in [6.45, 7) is 1.92. The zero-order chi connectivity index (χ0) is 21.8. The van der Waals surface area contributed by atoms with Crippen molar-refractivity contribution >= 4 is 29.2 Å². The number of hydrogen-bond donors (Lipinski definition) is 2. The molecule has 2 aromatic carbocycles. The summed E-state index contributed by atoms with van der Waals surface area (Å²) in [6.07, 6.45) is 1.86. The van der Waals surface area contributed by atoms with Crippen molar-refractivity contribution in [2.24, 2.45) is 0 Å². The Labute approximate surface area is 185 Å². The quantitative estimate of drug-likeness (QED) is 0.738. The average molecular weight is 446 g/mol. The molecule has 4 rings (SSSR count). The number of rotatable bonds is 5. The number of nitrogens with zero attached hydrogens (tertiary/aromatic N) is 1. The molecule has 0 bridgehead atoms. The second-order valence-electron chi connectivity index (χ2n) is 8.01. The fraction of sp³-hybridized carbons (Fsp3) is 0.391. The van der Waals surface area contributed by atoms with E-state index in [1.165, 1.54) is 12.1 Å². The maximum absolute atomic E-state index is 13.8. The molecular formula is C23H25ClFN3O3. The van der Waals surface area contributed by atoms with Gasteiger partial charge in [-0.1, -0.05) is 35.9 Å². The van der Waals surface area contributed by atoms with E-state index < -0.39 is 17.5 Å². The molecule has 2 aromatic rings. The Hall–Kier alpha value is -2.64. The van der Waals surface area contributed by atoms with E-state index in [1.54, 1.807) is 29.2 Å². The number of hydrogen-bond acceptors (Lipinski definition) is 3. The molecule has 2 N–H and O–H groups in total. The van der Waals surface area contributed by atoms with Crippen LogP contribution in [0.1, 0.15) is 24.8 Å². The van der Waals surface area contributed by atoms with Crippen molar-refractivity contribution in [2.45, 2.75) is 30.7 Å². The third kappa shape index (κ3) is 4.67. The first kappa shape index (κ1) is 21.6. The lowest BCUT2D eigenvalue weighted by atomic mass is 9.74. The molecule has 2 heterocycles. The molecule has 3 amide bonds. The number of urea groups is 1. The molecule has 2 fully saturated rings. The Morgan fingerprint density at radius 3 is 2.71 bits per heavy atom. The average Bonchev–Trinajstić information content (AvgIpc) is 3.13. The summed E-state index contributed by atoms with van der Waals surface area (Å²) in [5.74, 6) is -0.488. The number of halogens is 2. The normalized spacial score (nSPS) is 20.5.